The van der Waals surface area contributed by atoms with E-state index in [-0.39, 0.29) is 11.4 Å². The number of hydrogen-bond acceptors (Lipinski definition) is 2. The van der Waals surface area contributed by atoms with Crippen molar-refractivity contribution in [1.82, 2.24) is 9.78 Å². The molecule has 0 spiro atoms. The van der Waals surface area contributed by atoms with Gasteiger partial charge in [0.25, 0.3) is 5.56 Å². The molecule has 0 aliphatic rings. The molecule has 3 aromatic rings. The van der Waals surface area contributed by atoms with Gasteiger partial charge in [-0.05, 0) is 36.4 Å². The van der Waals surface area contributed by atoms with Gasteiger partial charge in [-0.25, -0.2) is 9.07 Å². The van der Waals surface area contributed by atoms with Crippen molar-refractivity contribution in [3.63, 3.8) is 0 Å². The largest absolute Gasteiger partial charge is 0.341 e. The van der Waals surface area contributed by atoms with Crippen LogP contribution >= 0.6 is 0 Å². The number of halogens is 1. The predicted octanol–water partition coefficient (Wildman–Crippen LogP) is 3.05. The molecule has 1 aromatic heterocycles. The Morgan fingerprint density at radius 3 is 2.40 bits per heavy atom. The van der Waals surface area contributed by atoms with Gasteiger partial charge in [0, 0.05) is 11.8 Å². The number of benzene rings is 2. The summed E-state index contributed by atoms with van der Waals surface area (Å²) in [6.07, 6.45) is 0. The van der Waals surface area contributed by atoms with Gasteiger partial charge in [-0.2, -0.15) is 0 Å². The number of nitrogens with zero attached hydrogens (tertiary/aromatic N) is 1. The Hall–Kier alpha value is -2.82. The lowest BCUT2D eigenvalue weighted by Crippen LogP contribution is -2.12. The second-order valence-corrected chi connectivity index (χ2v) is 4.31. The number of rotatable bonds is 3. The van der Waals surface area contributed by atoms with Crippen LogP contribution in [0.2, 0.25) is 0 Å². The lowest BCUT2D eigenvalue weighted by molar-refractivity contribution is 0.628. The molecule has 4 nitrogen and oxygen atoms in total. The first kappa shape index (κ1) is 12.2. The van der Waals surface area contributed by atoms with E-state index in [0.717, 1.165) is 5.69 Å². The van der Waals surface area contributed by atoms with Crippen molar-refractivity contribution in [3.05, 3.63) is 76.8 Å². The molecule has 0 unspecified atom stereocenters. The van der Waals surface area contributed by atoms with Gasteiger partial charge in [0.05, 0.1) is 5.69 Å². The summed E-state index contributed by atoms with van der Waals surface area (Å²) in [5.41, 5.74) is 1.29. The molecule has 0 aliphatic carbocycles. The fourth-order valence-electron chi connectivity index (χ4n) is 1.92. The molecule has 2 N–H and O–H groups in total. The maximum Gasteiger partial charge on any atom is 0.273 e. The Labute approximate surface area is 114 Å². The Morgan fingerprint density at radius 1 is 1.00 bits per heavy atom. The first-order valence-electron chi connectivity index (χ1n) is 6.12. The van der Waals surface area contributed by atoms with E-state index >= 15 is 0 Å². The molecule has 0 aliphatic heterocycles. The van der Waals surface area contributed by atoms with Crippen molar-refractivity contribution in [2.75, 3.05) is 5.32 Å². The van der Waals surface area contributed by atoms with Crippen LogP contribution in [-0.4, -0.2) is 9.78 Å². The van der Waals surface area contributed by atoms with Gasteiger partial charge < -0.3 is 5.32 Å². The van der Waals surface area contributed by atoms with Crippen molar-refractivity contribution in [1.29, 1.82) is 0 Å². The Bertz CT molecular complexity index is 760. The molecule has 5 heteroatoms. The van der Waals surface area contributed by atoms with E-state index in [2.05, 4.69) is 10.4 Å². The third-order valence-electron chi connectivity index (χ3n) is 2.86. The molecule has 3 rings (SSSR count). The minimum atomic E-state index is -0.300. The quantitative estimate of drug-likeness (QED) is 0.767. The van der Waals surface area contributed by atoms with Gasteiger partial charge in [0.1, 0.15) is 11.6 Å². The summed E-state index contributed by atoms with van der Waals surface area (Å²) in [6, 6.07) is 16.6. The molecule has 0 bridgehead atoms. The summed E-state index contributed by atoms with van der Waals surface area (Å²) in [4.78, 5) is 11.9. The summed E-state index contributed by atoms with van der Waals surface area (Å²) in [5, 5.41) is 5.98. The molecule has 1 heterocycles. The van der Waals surface area contributed by atoms with Crippen molar-refractivity contribution in [2.45, 2.75) is 0 Å². The molecule has 0 atom stereocenters. The molecule has 0 saturated heterocycles. The first-order chi connectivity index (χ1) is 9.72. The zero-order chi connectivity index (χ0) is 13.9. The van der Waals surface area contributed by atoms with E-state index in [4.69, 9.17) is 0 Å². The van der Waals surface area contributed by atoms with Gasteiger partial charge in [-0.3, -0.25) is 9.89 Å². The van der Waals surface area contributed by atoms with E-state index < -0.39 is 0 Å². The normalized spacial score (nSPS) is 10.4. The highest BCUT2D eigenvalue weighted by Crippen LogP contribution is 2.14. The molecular weight excluding hydrogens is 257 g/mol. The molecule has 0 fully saturated rings. The second kappa shape index (κ2) is 5.05. The van der Waals surface area contributed by atoms with Crippen LogP contribution in [0.5, 0.6) is 0 Å². The number of aromatic nitrogens is 2. The highest BCUT2D eigenvalue weighted by Gasteiger charge is 2.04. The van der Waals surface area contributed by atoms with E-state index in [1.54, 1.807) is 12.1 Å². The molecule has 2 aromatic carbocycles. The average molecular weight is 269 g/mol. The van der Waals surface area contributed by atoms with Crippen molar-refractivity contribution >= 4 is 11.5 Å². The molecule has 20 heavy (non-hydrogen) atoms. The highest BCUT2D eigenvalue weighted by molar-refractivity contribution is 5.55. The third kappa shape index (κ3) is 2.47. The van der Waals surface area contributed by atoms with E-state index in [0.29, 0.717) is 11.5 Å². The second-order valence-electron chi connectivity index (χ2n) is 4.31. The van der Waals surface area contributed by atoms with Crippen LogP contribution in [0, 0.1) is 5.82 Å². The summed E-state index contributed by atoms with van der Waals surface area (Å²) < 4.78 is 14.3. The zero-order valence-corrected chi connectivity index (χ0v) is 10.5. The van der Waals surface area contributed by atoms with Crippen molar-refractivity contribution in [2.24, 2.45) is 0 Å². The molecule has 100 valence electrons. The van der Waals surface area contributed by atoms with Crippen LogP contribution in [0.3, 0.4) is 0 Å². The number of aromatic amines is 1. The van der Waals surface area contributed by atoms with E-state index in [9.17, 15) is 9.18 Å². The summed E-state index contributed by atoms with van der Waals surface area (Å²) in [5.74, 6) is 0.247. The van der Waals surface area contributed by atoms with Crippen LogP contribution in [0.15, 0.2) is 65.5 Å². The van der Waals surface area contributed by atoms with Crippen molar-refractivity contribution in [3.8, 4) is 5.69 Å². The Balaban J connectivity index is 1.89. The average Bonchev–Trinajstić information content (AvgIpc) is 2.83. The number of nitrogens with one attached hydrogen (secondary N) is 2. The van der Waals surface area contributed by atoms with Gasteiger partial charge in [-0.15, -0.1) is 0 Å². The van der Waals surface area contributed by atoms with E-state index in [1.165, 1.54) is 22.9 Å². The minimum Gasteiger partial charge on any atom is -0.341 e. The van der Waals surface area contributed by atoms with Gasteiger partial charge in [0.15, 0.2) is 0 Å². The summed E-state index contributed by atoms with van der Waals surface area (Å²) in [6.45, 7) is 0. The van der Waals surface area contributed by atoms with Gasteiger partial charge in [-0.1, -0.05) is 18.2 Å². The Kier molecular flexibility index (Phi) is 3.09. The van der Waals surface area contributed by atoms with Crippen LogP contribution in [0.1, 0.15) is 0 Å². The number of anilines is 2. The van der Waals surface area contributed by atoms with Crippen molar-refractivity contribution < 1.29 is 4.39 Å². The maximum atomic E-state index is 12.8. The topological polar surface area (TPSA) is 49.8 Å². The first-order valence-corrected chi connectivity index (χ1v) is 6.12. The summed E-state index contributed by atoms with van der Waals surface area (Å²) >= 11 is 0. The van der Waals surface area contributed by atoms with Gasteiger partial charge in [0.2, 0.25) is 0 Å². The van der Waals surface area contributed by atoms with Crippen LogP contribution < -0.4 is 10.9 Å². The lowest BCUT2D eigenvalue weighted by Gasteiger charge is -2.04. The Morgan fingerprint density at radius 2 is 1.70 bits per heavy atom. The summed E-state index contributed by atoms with van der Waals surface area (Å²) in [7, 11) is 0. The maximum absolute atomic E-state index is 12.8. The lowest BCUT2D eigenvalue weighted by atomic mass is 10.3. The molecule has 0 radical (unpaired) electrons. The van der Waals surface area contributed by atoms with Gasteiger partial charge >= 0.3 is 0 Å². The van der Waals surface area contributed by atoms with Crippen LogP contribution in [0.4, 0.5) is 15.9 Å². The smallest absolute Gasteiger partial charge is 0.273 e. The standard InChI is InChI=1S/C15H12FN3O/c16-11-6-8-12(9-7-11)17-14-10-15(20)19(18-14)13-4-2-1-3-5-13/h1-10,17-18H. The van der Waals surface area contributed by atoms with Crippen LogP contribution in [0.25, 0.3) is 5.69 Å². The fourth-order valence-corrected chi connectivity index (χ4v) is 1.92. The number of hydrogen-bond donors (Lipinski definition) is 2. The monoisotopic (exact) mass is 269 g/mol. The third-order valence-corrected chi connectivity index (χ3v) is 2.86. The fraction of sp³-hybridized carbons (Fsp3) is 0. The van der Waals surface area contributed by atoms with E-state index in [1.807, 2.05) is 30.3 Å². The van der Waals surface area contributed by atoms with Crippen LogP contribution in [-0.2, 0) is 0 Å². The highest BCUT2D eigenvalue weighted by atomic mass is 19.1. The number of H-pyrrole nitrogens is 1. The SMILES string of the molecule is O=c1cc(Nc2ccc(F)cc2)[nH]n1-c1ccccc1. The zero-order valence-electron chi connectivity index (χ0n) is 10.5. The molecular formula is C15H12FN3O. The molecule has 0 amide bonds. The predicted molar refractivity (Wildman–Crippen MR) is 76.1 cm³/mol. The minimum absolute atomic E-state index is 0.166. The molecule has 0 saturated carbocycles. The number of para-hydroxylation sites is 1.